The van der Waals surface area contributed by atoms with Gasteiger partial charge in [0.2, 0.25) is 5.91 Å². The molecule has 3 aliphatic rings. The zero-order chi connectivity index (χ0) is 32.3. The first kappa shape index (κ1) is 34.2. The molecular formula is C38H58N6O2. The van der Waals surface area contributed by atoms with Gasteiger partial charge in [0.1, 0.15) is 6.04 Å². The molecule has 1 atom stereocenters. The van der Waals surface area contributed by atoms with Crippen molar-refractivity contribution in [2.45, 2.75) is 109 Å². The van der Waals surface area contributed by atoms with Crippen molar-refractivity contribution < 1.29 is 9.59 Å². The van der Waals surface area contributed by atoms with Crippen molar-refractivity contribution in [1.29, 1.82) is 0 Å². The van der Waals surface area contributed by atoms with Crippen molar-refractivity contribution in [3.8, 4) is 0 Å². The highest BCUT2D eigenvalue weighted by molar-refractivity contribution is 5.87. The van der Waals surface area contributed by atoms with Crippen LogP contribution in [0.2, 0.25) is 0 Å². The number of amides is 3. The maximum Gasteiger partial charge on any atom is 0.318 e. The maximum atomic E-state index is 14.1. The van der Waals surface area contributed by atoms with Gasteiger partial charge >= 0.3 is 6.03 Å². The van der Waals surface area contributed by atoms with Crippen molar-refractivity contribution in [2.75, 3.05) is 51.5 Å². The molecule has 0 aromatic heterocycles. The maximum absolute atomic E-state index is 14.1. The normalized spacial score (nSPS) is 19.5. The SMILES string of the molecule is CCc1ccc(C[C@@H](NC(=O)N2CCC(NCCc3ccccc3N)CC2)C(=O)N2CCC(N3CCCCCC3)CC2)cc1CC. The lowest BCUT2D eigenvalue weighted by Crippen LogP contribution is -2.57. The number of para-hydroxylation sites is 1. The van der Waals surface area contributed by atoms with E-state index in [1.807, 2.05) is 28.0 Å². The number of nitrogens with one attached hydrogen (secondary N) is 2. The van der Waals surface area contributed by atoms with Gasteiger partial charge in [-0.05, 0) is 106 Å². The number of hydrogen-bond donors (Lipinski definition) is 3. The van der Waals surface area contributed by atoms with Crippen LogP contribution in [0, 0.1) is 0 Å². The molecule has 3 fully saturated rings. The molecule has 0 spiro atoms. The minimum Gasteiger partial charge on any atom is -0.399 e. The average molecular weight is 631 g/mol. The number of carbonyl (C=O) groups is 2. The number of anilines is 1. The van der Waals surface area contributed by atoms with Crippen molar-refractivity contribution in [1.82, 2.24) is 25.3 Å². The fraction of sp³-hybridized carbons (Fsp3) is 0.632. The summed E-state index contributed by atoms with van der Waals surface area (Å²) in [7, 11) is 0. The molecule has 3 heterocycles. The van der Waals surface area contributed by atoms with Crippen molar-refractivity contribution in [3.05, 3.63) is 64.7 Å². The molecule has 8 nitrogen and oxygen atoms in total. The Morgan fingerprint density at radius 1 is 0.804 bits per heavy atom. The summed E-state index contributed by atoms with van der Waals surface area (Å²) in [5.41, 5.74) is 11.9. The molecule has 2 aromatic carbocycles. The molecule has 8 heteroatoms. The first-order valence-electron chi connectivity index (χ1n) is 18.2. The molecule has 0 radical (unpaired) electrons. The lowest BCUT2D eigenvalue weighted by molar-refractivity contribution is -0.134. The Balaban J connectivity index is 1.17. The van der Waals surface area contributed by atoms with Gasteiger partial charge in [-0.15, -0.1) is 0 Å². The predicted octanol–water partition coefficient (Wildman–Crippen LogP) is 5.18. The minimum absolute atomic E-state index is 0.0667. The van der Waals surface area contributed by atoms with Gasteiger partial charge in [0.05, 0.1) is 0 Å². The van der Waals surface area contributed by atoms with E-state index < -0.39 is 6.04 Å². The number of piperidine rings is 2. The third-order valence-corrected chi connectivity index (χ3v) is 10.7. The van der Waals surface area contributed by atoms with E-state index in [0.717, 1.165) is 75.8 Å². The Morgan fingerprint density at radius 2 is 1.48 bits per heavy atom. The summed E-state index contributed by atoms with van der Waals surface area (Å²) in [5.74, 6) is 0.0667. The van der Waals surface area contributed by atoms with Gasteiger partial charge in [-0.25, -0.2) is 4.79 Å². The third-order valence-electron chi connectivity index (χ3n) is 10.7. The fourth-order valence-corrected chi connectivity index (χ4v) is 7.75. The van der Waals surface area contributed by atoms with Crippen LogP contribution in [0.5, 0.6) is 0 Å². The fourth-order valence-electron chi connectivity index (χ4n) is 7.75. The van der Waals surface area contributed by atoms with Crippen LogP contribution in [-0.4, -0.2) is 90.6 Å². The van der Waals surface area contributed by atoms with Gasteiger partial charge in [-0.2, -0.15) is 0 Å². The van der Waals surface area contributed by atoms with Crippen LogP contribution in [0.1, 0.15) is 87.5 Å². The van der Waals surface area contributed by atoms with Crippen LogP contribution in [0.25, 0.3) is 0 Å². The van der Waals surface area contributed by atoms with Crippen LogP contribution < -0.4 is 16.4 Å². The molecule has 0 saturated carbocycles. The van der Waals surface area contributed by atoms with E-state index >= 15 is 0 Å². The molecular weight excluding hydrogens is 572 g/mol. The Bertz CT molecular complexity index is 1260. The van der Waals surface area contributed by atoms with Crippen LogP contribution in [0.15, 0.2) is 42.5 Å². The second-order valence-electron chi connectivity index (χ2n) is 13.7. The number of carbonyl (C=O) groups excluding carboxylic acids is 2. The van der Waals surface area contributed by atoms with Crippen molar-refractivity contribution in [3.63, 3.8) is 0 Å². The topological polar surface area (TPSA) is 93.9 Å². The smallest absolute Gasteiger partial charge is 0.318 e. The van der Waals surface area contributed by atoms with E-state index in [-0.39, 0.29) is 11.9 Å². The summed E-state index contributed by atoms with van der Waals surface area (Å²) in [5, 5.41) is 6.88. The van der Waals surface area contributed by atoms with Crippen LogP contribution in [0.3, 0.4) is 0 Å². The third kappa shape index (κ3) is 9.25. The molecule has 4 N–H and O–H groups in total. The van der Waals surface area contributed by atoms with Crippen LogP contribution in [0.4, 0.5) is 10.5 Å². The minimum atomic E-state index is -0.563. The molecule has 0 bridgehead atoms. The van der Waals surface area contributed by atoms with Gasteiger partial charge < -0.3 is 31.1 Å². The Morgan fingerprint density at radius 3 is 2.15 bits per heavy atom. The summed E-state index contributed by atoms with van der Waals surface area (Å²) in [6, 6.07) is 14.9. The van der Waals surface area contributed by atoms with Gasteiger partial charge in [-0.3, -0.25) is 4.79 Å². The second-order valence-corrected chi connectivity index (χ2v) is 13.7. The van der Waals surface area contributed by atoms with E-state index in [4.69, 9.17) is 5.73 Å². The molecule has 2 aromatic rings. The largest absolute Gasteiger partial charge is 0.399 e. The average Bonchev–Trinajstić information content (AvgIpc) is 3.39. The van der Waals surface area contributed by atoms with Crippen LogP contribution >= 0.6 is 0 Å². The Labute approximate surface area is 277 Å². The summed E-state index contributed by atoms with van der Waals surface area (Å²) < 4.78 is 0. The highest BCUT2D eigenvalue weighted by Gasteiger charge is 2.33. The summed E-state index contributed by atoms with van der Waals surface area (Å²) in [4.78, 5) is 34.4. The predicted molar refractivity (Wildman–Crippen MR) is 188 cm³/mol. The quantitative estimate of drug-likeness (QED) is 0.298. The number of urea groups is 1. The zero-order valence-corrected chi connectivity index (χ0v) is 28.4. The zero-order valence-electron chi connectivity index (χ0n) is 28.4. The number of nitrogen functional groups attached to an aromatic ring is 1. The Hall–Kier alpha value is -3.10. The highest BCUT2D eigenvalue weighted by Crippen LogP contribution is 2.23. The lowest BCUT2D eigenvalue weighted by Gasteiger charge is -2.39. The standard InChI is InChI=1S/C38H58N6O2/c1-3-30-14-13-29(27-31(30)4-2)28-36(37(45)43-25-18-34(19-26-43)42-21-9-5-6-10-22-42)41-38(46)44-23-16-33(17-24-44)40-20-15-32-11-7-8-12-35(32)39/h7-8,11-14,27,33-34,36,40H,3-6,9-10,15-26,28,39H2,1-2H3,(H,41,46)/t36-/m1/s1. The molecule has 0 unspecified atom stereocenters. The van der Waals surface area contributed by atoms with E-state index in [9.17, 15) is 9.59 Å². The second kappa shape index (κ2) is 17.2. The highest BCUT2D eigenvalue weighted by atomic mass is 16.2. The van der Waals surface area contributed by atoms with E-state index in [0.29, 0.717) is 31.6 Å². The van der Waals surface area contributed by atoms with E-state index in [2.05, 4.69) is 53.6 Å². The molecule has 252 valence electrons. The van der Waals surface area contributed by atoms with Gasteiger partial charge in [0.25, 0.3) is 0 Å². The van der Waals surface area contributed by atoms with Gasteiger partial charge in [-0.1, -0.05) is 63.1 Å². The molecule has 46 heavy (non-hydrogen) atoms. The lowest BCUT2D eigenvalue weighted by atomic mass is 9.95. The number of benzene rings is 2. The van der Waals surface area contributed by atoms with Gasteiger partial charge in [0.15, 0.2) is 0 Å². The first-order valence-corrected chi connectivity index (χ1v) is 18.2. The molecule has 5 rings (SSSR count). The monoisotopic (exact) mass is 630 g/mol. The van der Waals surface area contributed by atoms with Crippen molar-refractivity contribution in [2.24, 2.45) is 0 Å². The van der Waals surface area contributed by atoms with E-state index in [1.165, 1.54) is 55.5 Å². The Kier molecular flexibility index (Phi) is 12.8. The van der Waals surface area contributed by atoms with E-state index in [1.54, 1.807) is 0 Å². The molecule has 3 amide bonds. The summed E-state index contributed by atoms with van der Waals surface area (Å²) in [6.45, 7) is 10.5. The number of likely N-dealkylation sites (tertiary alicyclic amines) is 3. The van der Waals surface area contributed by atoms with Gasteiger partial charge in [0, 0.05) is 50.4 Å². The van der Waals surface area contributed by atoms with Crippen molar-refractivity contribution >= 4 is 17.6 Å². The number of nitrogens with two attached hydrogens (primary N) is 1. The molecule has 0 aliphatic carbocycles. The summed E-state index contributed by atoms with van der Waals surface area (Å²) in [6.07, 6.45) is 12.5. The first-order chi connectivity index (χ1) is 22.4. The number of nitrogens with zero attached hydrogens (tertiary/aromatic N) is 3. The number of hydrogen-bond acceptors (Lipinski definition) is 5. The number of rotatable bonds is 11. The van der Waals surface area contributed by atoms with Crippen LogP contribution in [-0.2, 0) is 30.5 Å². The summed E-state index contributed by atoms with van der Waals surface area (Å²) >= 11 is 0. The molecule has 3 saturated heterocycles. The number of aryl methyl sites for hydroxylation is 2. The molecule has 3 aliphatic heterocycles.